The minimum Gasteiger partial charge on any atom is -0.323 e. The molecule has 28 heavy (non-hydrogen) atoms. The third kappa shape index (κ3) is 5.67. The molecule has 0 aliphatic heterocycles. The van der Waals surface area contributed by atoms with Crippen molar-refractivity contribution in [2.75, 3.05) is 11.1 Å². The maximum Gasteiger partial charge on any atom is 0.234 e. The molecule has 0 unspecified atom stereocenters. The lowest BCUT2D eigenvalue weighted by Crippen LogP contribution is -2.15. The highest BCUT2D eigenvalue weighted by Gasteiger charge is 2.17. The van der Waals surface area contributed by atoms with Gasteiger partial charge >= 0.3 is 0 Å². The van der Waals surface area contributed by atoms with Crippen molar-refractivity contribution in [2.45, 2.75) is 56.6 Å². The number of para-hydroxylation sites is 1. The molecule has 3 rings (SSSR count). The van der Waals surface area contributed by atoms with Crippen molar-refractivity contribution in [3.8, 4) is 0 Å². The fraction of sp³-hybridized carbons (Fsp3) is 0.476. The van der Waals surface area contributed by atoms with Gasteiger partial charge in [0.25, 0.3) is 0 Å². The molecule has 0 spiro atoms. The number of anilines is 1. The van der Waals surface area contributed by atoms with Crippen molar-refractivity contribution in [1.82, 2.24) is 14.8 Å². The lowest BCUT2D eigenvalue weighted by molar-refractivity contribution is -0.113. The molecule has 1 aliphatic rings. The van der Waals surface area contributed by atoms with Gasteiger partial charge in [0.05, 0.1) is 11.4 Å². The molecule has 1 aliphatic carbocycles. The van der Waals surface area contributed by atoms with E-state index in [1.807, 2.05) is 10.6 Å². The molecule has 1 heterocycles. The van der Waals surface area contributed by atoms with Crippen LogP contribution < -0.4 is 5.32 Å². The Labute approximate surface area is 169 Å². The topological polar surface area (TPSA) is 59.8 Å². The Morgan fingerprint density at radius 2 is 2.07 bits per heavy atom. The van der Waals surface area contributed by atoms with Gasteiger partial charge in [0.15, 0.2) is 5.16 Å². The molecule has 0 bridgehead atoms. The lowest BCUT2D eigenvalue weighted by atomic mass is 9.86. The summed E-state index contributed by atoms with van der Waals surface area (Å²) in [6, 6.07) is 6.14. The number of amides is 1. The normalized spacial score (nSPS) is 14.8. The number of nitrogens with one attached hydrogen (secondary N) is 1. The van der Waals surface area contributed by atoms with E-state index >= 15 is 0 Å². The average molecular weight is 403 g/mol. The van der Waals surface area contributed by atoms with Crippen LogP contribution in [-0.4, -0.2) is 26.4 Å². The van der Waals surface area contributed by atoms with Gasteiger partial charge in [0, 0.05) is 13.0 Å². The third-order valence-electron chi connectivity index (χ3n) is 5.09. The van der Waals surface area contributed by atoms with Gasteiger partial charge in [-0.25, -0.2) is 4.39 Å². The summed E-state index contributed by atoms with van der Waals surface area (Å²) < 4.78 is 15.7. The molecular weight excluding hydrogens is 375 g/mol. The molecule has 1 fully saturated rings. The molecule has 1 N–H and O–H groups in total. The largest absolute Gasteiger partial charge is 0.323 e. The maximum absolute atomic E-state index is 13.7. The summed E-state index contributed by atoms with van der Waals surface area (Å²) >= 11 is 1.31. The maximum atomic E-state index is 13.7. The fourth-order valence-electron chi connectivity index (χ4n) is 3.61. The Balaban J connectivity index is 1.56. The Morgan fingerprint density at radius 1 is 1.29 bits per heavy atom. The first-order chi connectivity index (χ1) is 13.7. The average Bonchev–Trinajstić information content (AvgIpc) is 3.09. The van der Waals surface area contributed by atoms with Gasteiger partial charge < -0.3 is 9.88 Å². The summed E-state index contributed by atoms with van der Waals surface area (Å²) in [6.07, 6.45) is 10.5. The lowest BCUT2D eigenvalue weighted by Gasteiger charge is -2.21. The number of aryl methyl sites for hydroxylation is 1. The zero-order valence-corrected chi connectivity index (χ0v) is 16.9. The molecule has 1 aromatic heterocycles. The molecule has 0 atom stereocenters. The number of nitrogens with zero attached hydrogens (tertiary/aromatic N) is 3. The summed E-state index contributed by atoms with van der Waals surface area (Å²) in [7, 11) is 0. The van der Waals surface area contributed by atoms with Crippen LogP contribution in [0.25, 0.3) is 0 Å². The number of allylic oxidation sites excluding steroid dienone is 1. The molecule has 150 valence electrons. The Bertz CT molecular complexity index is 801. The molecule has 1 aromatic carbocycles. The summed E-state index contributed by atoms with van der Waals surface area (Å²) in [4.78, 5) is 12.2. The molecule has 0 saturated heterocycles. The van der Waals surface area contributed by atoms with E-state index in [2.05, 4.69) is 22.1 Å². The molecule has 7 heteroatoms. The highest BCUT2D eigenvalue weighted by molar-refractivity contribution is 7.99. The third-order valence-corrected chi connectivity index (χ3v) is 6.05. The van der Waals surface area contributed by atoms with Crippen molar-refractivity contribution in [2.24, 2.45) is 5.92 Å². The monoisotopic (exact) mass is 402 g/mol. The highest BCUT2D eigenvalue weighted by Crippen LogP contribution is 2.28. The Hall–Kier alpha value is -2.15. The van der Waals surface area contributed by atoms with Crippen molar-refractivity contribution in [3.63, 3.8) is 0 Å². The molecule has 5 nitrogen and oxygen atoms in total. The van der Waals surface area contributed by atoms with Crippen LogP contribution in [-0.2, 0) is 17.8 Å². The number of benzene rings is 1. The fourth-order valence-corrected chi connectivity index (χ4v) is 4.38. The van der Waals surface area contributed by atoms with Crippen LogP contribution in [0.1, 0.15) is 44.3 Å². The summed E-state index contributed by atoms with van der Waals surface area (Å²) in [5, 5.41) is 11.9. The molecule has 0 radical (unpaired) electrons. The highest BCUT2D eigenvalue weighted by atomic mass is 32.2. The number of carbonyl (C=O) groups excluding carboxylic acids is 1. The minimum absolute atomic E-state index is 0.145. The number of carbonyl (C=O) groups is 1. The zero-order valence-electron chi connectivity index (χ0n) is 16.1. The predicted molar refractivity (Wildman–Crippen MR) is 111 cm³/mol. The van der Waals surface area contributed by atoms with Gasteiger partial charge in [-0.15, -0.1) is 16.8 Å². The molecule has 1 saturated carbocycles. The van der Waals surface area contributed by atoms with Crippen molar-refractivity contribution < 1.29 is 9.18 Å². The van der Waals surface area contributed by atoms with Gasteiger partial charge in [0.1, 0.15) is 11.6 Å². The second kappa shape index (κ2) is 10.4. The van der Waals surface area contributed by atoms with E-state index in [-0.39, 0.29) is 17.3 Å². The first-order valence-electron chi connectivity index (χ1n) is 9.87. The first kappa shape index (κ1) is 20.6. The van der Waals surface area contributed by atoms with Crippen molar-refractivity contribution >= 4 is 23.4 Å². The summed E-state index contributed by atoms with van der Waals surface area (Å²) in [6.45, 7) is 4.44. The number of rotatable bonds is 9. The van der Waals surface area contributed by atoms with Crippen LogP contribution in [0.2, 0.25) is 0 Å². The second-order valence-electron chi connectivity index (χ2n) is 7.16. The number of hydrogen-bond donors (Lipinski definition) is 1. The number of hydrogen-bond acceptors (Lipinski definition) is 4. The first-order valence-corrected chi connectivity index (χ1v) is 10.9. The number of aromatic nitrogens is 3. The second-order valence-corrected chi connectivity index (χ2v) is 8.10. The summed E-state index contributed by atoms with van der Waals surface area (Å²) in [5.74, 6) is 1.16. The van der Waals surface area contributed by atoms with E-state index in [0.29, 0.717) is 11.7 Å². The van der Waals surface area contributed by atoms with Crippen LogP contribution in [0.3, 0.4) is 0 Å². The Kier molecular flexibility index (Phi) is 7.65. The van der Waals surface area contributed by atoms with E-state index in [9.17, 15) is 9.18 Å². The van der Waals surface area contributed by atoms with Crippen LogP contribution in [0.5, 0.6) is 0 Å². The van der Waals surface area contributed by atoms with E-state index in [0.717, 1.165) is 24.6 Å². The smallest absolute Gasteiger partial charge is 0.234 e. The van der Waals surface area contributed by atoms with Crippen molar-refractivity contribution in [3.05, 3.63) is 48.6 Å². The minimum atomic E-state index is -0.444. The Morgan fingerprint density at radius 3 is 2.82 bits per heavy atom. The van der Waals surface area contributed by atoms with E-state index in [4.69, 9.17) is 0 Å². The van der Waals surface area contributed by atoms with E-state index in [1.54, 1.807) is 18.2 Å². The predicted octanol–water partition coefficient (Wildman–Crippen LogP) is 4.85. The molecular formula is C21H27FN4OS. The number of halogens is 1. The number of thioether (sulfide) groups is 1. The quantitative estimate of drug-likeness (QED) is 0.481. The van der Waals surface area contributed by atoms with E-state index in [1.165, 1.54) is 49.9 Å². The summed E-state index contributed by atoms with van der Waals surface area (Å²) in [5.41, 5.74) is 0.189. The van der Waals surface area contributed by atoms with Gasteiger partial charge in [-0.05, 0) is 24.5 Å². The standard InChI is InChI=1S/C21H27FN4OS/c1-2-14-26-19(13-12-16-8-4-3-5-9-16)24-25-21(26)28-15-20(27)23-18-11-7-6-10-17(18)22/h2,6-7,10-11,16H,1,3-5,8-9,12-15H2,(H,23,27). The zero-order chi connectivity index (χ0) is 19.8. The SMILES string of the molecule is C=CCn1c(CCC2CCCCC2)nnc1SCC(=O)Nc1ccccc1F. The molecule has 1 amide bonds. The van der Waals surface area contributed by atoms with Crippen LogP contribution in [0.15, 0.2) is 42.1 Å². The van der Waals surface area contributed by atoms with Gasteiger partial charge in [-0.2, -0.15) is 0 Å². The molecule has 2 aromatic rings. The van der Waals surface area contributed by atoms with E-state index < -0.39 is 5.82 Å². The van der Waals surface area contributed by atoms with Gasteiger partial charge in [0.2, 0.25) is 5.91 Å². The van der Waals surface area contributed by atoms with Crippen LogP contribution in [0, 0.1) is 11.7 Å². The van der Waals surface area contributed by atoms with Crippen LogP contribution >= 0.6 is 11.8 Å². The van der Waals surface area contributed by atoms with Gasteiger partial charge in [-0.1, -0.05) is 62.1 Å². The van der Waals surface area contributed by atoms with Crippen LogP contribution in [0.4, 0.5) is 10.1 Å². The van der Waals surface area contributed by atoms with Gasteiger partial charge in [-0.3, -0.25) is 4.79 Å². The van der Waals surface area contributed by atoms with Crippen molar-refractivity contribution in [1.29, 1.82) is 0 Å².